The Hall–Kier alpha value is -8.23. The van der Waals surface area contributed by atoms with Crippen LogP contribution in [-0.4, -0.2) is 84.0 Å². The molecule has 12 aromatic rings. The van der Waals surface area contributed by atoms with Crippen LogP contribution in [-0.2, 0) is 29.1 Å². The van der Waals surface area contributed by atoms with Crippen molar-refractivity contribution in [2.45, 2.75) is 144 Å². The normalized spacial score (nSPS) is 15.0. The maximum Gasteiger partial charge on any atom is 0.150 e. The molecule has 0 radical (unpaired) electrons. The lowest BCUT2D eigenvalue weighted by atomic mass is 10.1. The molecule has 9 N–H and O–H groups in total. The van der Waals surface area contributed by atoms with Crippen molar-refractivity contribution in [3.8, 4) is 31.7 Å². The molecule has 2 atom stereocenters. The zero-order valence-corrected chi connectivity index (χ0v) is 58.1. The molecule has 0 bridgehead atoms. The van der Waals surface area contributed by atoms with E-state index in [1.54, 1.807) is 46.4 Å². The third-order valence-electron chi connectivity index (χ3n) is 15.3. The fourth-order valence-electron chi connectivity index (χ4n) is 10.8. The average molecular weight is 1370 g/mol. The minimum Gasteiger partial charge on any atom is -0.384 e. The number of nitrogens with zero attached hydrogens (tertiary/aromatic N) is 11. The maximum absolute atomic E-state index is 6.02. The van der Waals surface area contributed by atoms with E-state index in [0.717, 1.165) is 151 Å². The average Bonchev–Trinajstić information content (AvgIpc) is 1.67. The molecule has 20 nitrogen and oxygen atoms in total. The van der Waals surface area contributed by atoms with Gasteiger partial charge in [0.25, 0.3) is 0 Å². The number of aromatic nitrogens is 12. The topological polar surface area (TPSA) is 260 Å². The van der Waals surface area contributed by atoms with Gasteiger partial charge in [-0.25, -0.2) is 24.3 Å². The fourth-order valence-corrected chi connectivity index (χ4v) is 14.6. The van der Waals surface area contributed by atoms with Crippen molar-refractivity contribution in [3.05, 3.63) is 166 Å². The van der Waals surface area contributed by atoms with E-state index in [0.29, 0.717) is 25.5 Å². The van der Waals surface area contributed by atoms with Crippen LogP contribution < -0.4 is 32.7 Å². The Balaban J connectivity index is 0.000000135. The van der Waals surface area contributed by atoms with Gasteiger partial charge in [-0.15, -0.1) is 34.0 Å². The largest absolute Gasteiger partial charge is 0.384 e. The predicted molar refractivity (Wildman–Crippen MR) is 385 cm³/mol. The van der Waals surface area contributed by atoms with E-state index in [1.165, 1.54) is 24.0 Å². The molecule has 2 fully saturated rings. The SMILES string of the molecule is CC(C)(C)Nc1cc(Br)c2sc(-c3ccnn3C3CCCCO3)cc2n1.Cc1cccnc1CN.Cc1cccnc1CNc1cc(N)nc2cc(-c3ccn[nH]3)sc12.Cc1cccnc1CNc1cc(NC(C)(C)C)nc2cc(-c3ccnn3C3CCCCO3)sc12. The van der Waals surface area contributed by atoms with Gasteiger partial charge in [0.05, 0.1) is 104 Å². The van der Waals surface area contributed by atoms with Crippen LogP contribution in [0.4, 0.5) is 28.8 Å². The second kappa shape index (κ2) is 29.8. The number of nitrogen functional groups attached to an aromatic ring is 1. The van der Waals surface area contributed by atoms with Crippen molar-refractivity contribution in [2.75, 3.05) is 40.2 Å². The molecule has 12 aromatic heterocycles. The van der Waals surface area contributed by atoms with E-state index < -0.39 is 0 Å². The van der Waals surface area contributed by atoms with Crippen LogP contribution in [0.1, 0.15) is 126 Å². The summed E-state index contributed by atoms with van der Waals surface area (Å²) in [6.45, 7) is 22.4. The number of hydrogen-bond acceptors (Lipinski definition) is 20. The Morgan fingerprint density at radius 2 is 1.03 bits per heavy atom. The first-order valence-electron chi connectivity index (χ1n) is 31.3. The van der Waals surface area contributed by atoms with Crippen LogP contribution in [0.2, 0.25) is 0 Å². The van der Waals surface area contributed by atoms with Crippen LogP contribution in [0.3, 0.4) is 0 Å². The lowest BCUT2D eigenvalue weighted by Gasteiger charge is -2.24. The highest BCUT2D eigenvalue weighted by Crippen LogP contribution is 2.42. The van der Waals surface area contributed by atoms with E-state index in [1.807, 2.05) is 83.5 Å². The fraction of sp³-hybridized carbons (Fsp3) is 0.348. The molecule has 2 aliphatic heterocycles. The number of anilines is 5. The van der Waals surface area contributed by atoms with Crippen molar-refractivity contribution in [3.63, 3.8) is 0 Å². The van der Waals surface area contributed by atoms with Gasteiger partial charge in [0, 0.05) is 84.6 Å². The second-order valence-corrected chi connectivity index (χ2v) is 29.0. The first-order valence-corrected chi connectivity index (χ1v) is 34.6. The Kier molecular flexibility index (Phi) is 21.2. The maximum atomic E-state index is 6.02. The minimum absolute atomic E-state index is 0.000217. The van der Waals surface area contributed by atoms with Crippen LogP contribution in [0.15, 0.2) is 133 Å². The summed E-state index contributed by atoms with van der Waals surface area (Å²) in [5.41, 5.74) is 25.8. The number of thiophene rings is 3. The van der Waals surface area contributed by atoms with Crippen LogP contribution in [0.5, 0.6) is 0 Å². The molecule has 0 aliphatic carbocycles. The molecule has 2 unspecified atom stereocenters. The Morgan fingerprint density at radius 3 is 1.51 bits per heavy atom. The Bertz CT molecular complexity index is 4430. The third kappa shape index (κ3) is 17.0. The number of pyridine rings is 6. The summed E-state index contributed by atoms with van der Waals surface area (Å²) in [6, 6.07) is 30.4. The van der Waals surface area contributed by atoms with Gasteiger partial charge in [-0.1, -0.05) is 18.2 Å². The number of fused-ring (bicyclic) bond motifs is 3. The summed E-state index contributed by atoms with van der Waals surface area (Å²) in [5, 5.41) is 30.2. The Morgan fingerprint density at radius 1 is 0.559 bits per heavy atom. The molecule has 0 aromatic carbocycles. The number of aryl methyl sites for hydroxylation is 3. The van der Waals surface area contributed by atoms with Gasteiger partial charge in [-0.05, 0) is 194 Å². The van der Waals surface area contributed by atoms with E-state index in [-0.39, 0.29) is 23.5 Å². The lowest BCUT2D eigenvalue weighted by Crippen LogP contribution is -2.26. The zero-order valence-electron chi connectivity index (χ0n) is 54.1. The molecular formula is C69H81BrN18O2S3. The summed E-state index contributed by atoms with van der Waals surface area (Å²) in [6.07, 6.45) is 17.5. The molecular weight excluding hydrogens is 1290 g/mol. The highest BCUT2D eigenvalue weighted by molar-refractivity contribution is 9.10. The number of ether oxygens (including phenoxy) is 2. The summed E-state index contributed by atoms with van der Waals surface area (Å²) in [7, 11) is 0. The number of aromatic amines is 1. The van der Waals surface area contributed by atoms with Crippen molar-refractivity contribution >= 4 is 109 Å². The number of H-pyrrole nitrogens is 1. The Labute approximate surface area is 563 Å². The van der Waals surface area contributed by atoms with Gasteiger partial charge in [-0.2, -0.15) is 15.3 Å². The first-order chi connectivity index (χ1) is 44.8. The smallest absolute Gasteiger partial charge is 0.150 e. The van der Waals surface area contributed by atoms with Gasteiger partial charge in [0.15, 0.2) is 12.5 Å². The monoisotopic (exact) mass is 1370 g/mol. The number of nitrogens with two attached hydrogens (primary N) is 2. The standard InChI is InChI=1S/C26H32N6OS.C19H23BrN4OS.C17H16N6S.C7H10N2/c1-17-8-7-11-27-20(17)16-28-18-15-23(31-26(2,3)4)30-19-14-22(34-25(18)19)21-10-12-29-32(21)24-9-5-6-13-33-24;1-19(2,3)23-16-10-12(20)18-13(22-16)11-15(26-18)14-7-8-21-24(14)17-6-4-5-9-25-17;1-10-3-2-5-19-14(10)9-20-12-8-16(18)22-13-7-15(24-17(12)13)11-4-6-21-23-11;1-6-3-2-4-9-7(6)5-8/h7-8,10-12,14-15,24H,5-6,9,13,16H2,1-4H3,(H2,28,30,31);7-8,10-11,17H,4-6,9H2,1-3H3,(H,22,23);2-8H,9H2,1H3,(H,21,23)(H3,18,20,22);2-4H,5,8H2,1H3. The molecule has 2 aliphatic rings. The minimum atomic E-state index is -0.0920. The van der Waals surface area contributed by atoms with Crippen molar-refractivity contribution in [1.82, 2.24) is 59.7 Å². The highest BCUT2D eigenvalue weighted by Gasteiger charge is 2.25. The summed E-state index contributed by atoms with van der Waals surface area (Å²) >= 11 is 8.84. The van der Waals surface area contributed by atoms with Crippen molar-refractivity contribution < 1.29 is 9.47 Å². The quantitative estimate of drug-likeness (QED) is 0.0534. The molecule has 24 heteroatoms. The van der Waals surface area contributed by atoms with Gasteiger partial charge in [0.1, 0.15) is 17.5 Å². The molecule has 93 heavy (non-hydrogen) atoms. The zero-order chi connectivity index (χ0) is 65.2. The van der Waals surface area contributed by atoms with Gasteiger partial charge < -0.3 is 42.2 Å². The van der Waals surface area contributed by atoms with Crippen molar-refractivity contribution in [2.24, 2.45) is 5.73 Å². The lowest BCUT2D eigenvalue weighted by molar-refractivity contribution is -0.0384. The molecule has 0 spiro atoms. The van der Waals surface area contributed by atoms with Crippen LogP contribution in [0.25, 0.3) is 62.4 Å². The summed E-state index contributed by atoms with van der Waals surface area (Å²) in [4.78, 5) is 30.6. The van der Waals surface area contributed by atoms with E-state index in [2.05, 4.69) is 181 Å². The van der Waals surface area contributed by atoms with E-state index >= 15 is 0 Å². The second-order valence-electron chi connectivity index (χ2n) is 25.0. The molecule has 0 amide bonds. The molecule has 484 valence electrons. The molecule has 2 saturated heterocycles. The molecule has 14 rings (SSSR count). The van der Waals surface area contributed by atoms with Crippen molar-refractivity contribution in [1.29, 1.82) is 0 Å². The van der Waals surface area contributed by atoms with Gasteiger partial charge >= 0.3 is 0 Å². The number of halogens is 1. The summed E-state index contributed by atoms with van der Waals surface area (Å²) in [5.74, 6) is 2.23. The summed E-state index contributed by atoms with van der Waals surface area (Å²) < 4.78 is 20.4. The van der Waals surface area contributed by atoms with Crippen LogP contribution >= 0.6 is 49.9 Å². The van der Waals surface area contributed by atoms with E-state index in [9.17, 15) is 0 Å². The molecule has 0 saturated carbocycles. The number of hydrogen-bond donors (Lipinski definition) is 7. The number of nitrogens with one attached hydrogen (secondary N) is 5. The predicted octanol–water partition coefficient (Wildman–Crippen LogP) is 16.6. The van der Waals surface area contributed by atoms with Crippen LogP contribution in [0, 0.1) is 20.8 Å². The molecule has 14 heterocycles. The highest BCUT2D eigenvalue weighted by atomic mass is 79.9. The van der Waals surface area contributed by atoms with Gasteiger partial charge in [-0.3, -0.25) is 20.1 Å². The third-order valence-corrected chi connectivity index (χ3v) is 19.8. The van der Waals surface area contributed by atoms with E-state index in [4.69, 9.17) is 30.9 Å². The number of rotatable bonds is 14. The first kappa shape index (κ1) is 66.2. The van der Waals surface area contributed by atoms with Gasteiger partial charge in [0.2, 0.25) is 0 Å².